The van der Waals surface area contributed by atoms with Crippen molar-refractivity contribution in [1.82, 2.24) is 4.90 Å². The number of hydrogen-bond acceptors (Lipinski definition) is 2. The first kappa shape index (κ1) is 14.1. The van der Waals surface area contributed by atoms with E-state index < -0.39 is 11.8 Å². The molecular weight excluding hydrogens is 308 g/mol. The Labute approximate surface area is 121 Å². The molecule has 1 aliphatic heterocycles. The van der Waals surface area contributed by atoms with Crippen molar-refractivity contribution in [2.24, 2.45) is 0 Å². The summed E-state index contributed by atoms with van der Waals surface area (Å²) in [6.07, 6.45) is 3.10. The molecule has 0 radical (unpaired) electrons. The molecule has 1 aromatic carbocycles. The fraction of sp³-hybridized carbons (Fsp3) is 0.429. The number of likely N-dealkylation sites (tertiary alicyclic amines) is 1. The van der Waals surface area contributed by atoms with Crippen molar-refractivity contribution in [3.05, 3.63) is 28.2 Å². The standard InChI is InChI=1S/C14H17BrN2O2/c1-10-5-6-11(9-12(10)15)16-13(18)14(19)17-7-3-2-4-8-17/h5-6,9H,2-4,7-8H2,1H3,(H,16,18). The quantitative estimate of drug-likeness (QED) is 0.807. The second-order valence-electron chi connectivity index (χ2n) is 4.77. The van der Waals surface area contributed by atoms with Gasteiger partial charge in [-0.05, 0) is 43.9 Å². The van der Waals surface area contributed by atoms with Gasteiger partial charge in [0.15, 0.2) is 0 Å². The molecule has 2 amide bonds. The summed E-state index contributed by atoms with van der Waals surface area (Å²) in [5.41, 5.74) is 1.72. The van der Waals surface area contributed by atoms with Crippen LogP contribution >= 0.6 is 15.9 Å². The third kappa shape index (κ3) is 3.56. The number of rotatable bonds is 1. The van der Waals surface area contributed by atoms with E-state index in [0.717, 1.165) is 29.3 Å². The lowest BCUT2D eigenvalue weighted by Crippen LogP contribution is -2.42. The molecule has 102 valence electrons. The first-order valence-electron chi connectivity index (χ1n) is 6.44. The Bertz CT molecular complexity index is 496. The summed E-state index contributed by atoms with van der Waals surface area (Å²) in [6, 6.07) is 5.49. The van der Waals surface area contributed by atoms with Gasteiger partial charge in [-0.2, -0.15) is 0 Å². The predicted molar refractivity (Wildman–Crippen MR) is 77.9 cm³/mol. The van der Waals surface area contributed by atoms with Crippen molar-refractivity contribution in [2.75, 3.05) is 18.4 Å². The Morgan fingerprint density at radius 1 is 1.21 bits per heavy atom. The third-order valence-corrected chi connectivity index (χ3v) is 4.12. The number of piperidine rings is 1. The molecule has 1 fully saturated rings. The van der Waals surface area contributed by atoms with E-state index in [4.69, 9.17) is 0 Å². The molecular formula is C14H17BrN2O2. The average Bonchev–Trinajstić information content (AvgIpc) is 2.43. The van der Waals surface area contributed by atoms with Crippen LogP contribution in [0.15, 0.2) is 22.7 Å². The van der Waals surface area contributed by atoms with Crippen LogP contribution in [0.3, 0.4) is 0 Å². The van der Waals surface area contributed by atoms with E-state index in [1.54, 1.807) is 17.0 Å². The number of benzene rings is 1. The van der Waals surface area contributed by atoms with Gasteiger partial charge in [0.1, 0.15) is 0 Å². The Kier molecular flexibility index (Phi) is 4.58. The zero-order valence-corrected chi connectivity index (χ0v) is 12.5. The average molecular weight is 325 g/mol. The fourth-order valence-corrected chi connectivity index (χ4v) is 2.47. The van der Waals surface area contributed by atoms with Crippen LogP contribution in [-0.4, -0.2) is 29.8 Å². The van der Waals surface area contributed by atoms with Crippen LogP contribution in [0.1, 0.15) is 24.8 Å². The molecule has 1 saturated heterocycles. The van der Waals surface area contributed by atoms with Gasteiger partial charge in [0.05, 0.1) is 0 Å². The maximum absolute atomic E-state index is 12.0. The molecule has 0 spiro atoms. The number of nitrogens with zero attached hydrogens (tertiary/aromatic N) is 1. The highest BCUT2D eigenvalue weighted by molar-refractivity contribution is 9.10. The molecule has 1 aliphatic rings. The highest BCUT2D eigenvalue weighted by atomic mass is 79.9. The molecule has 5 heteroatoms. The van der Waals surface area contributed by atoms with Gasteiger partial charge in [-0.1, -0.05) is 22.0 Å². The van der Waals surface area contributed by atoms with E-state index in [0.29, 0.717) is 18.8 Å². The predicted octanol–water partition coefficient (Wildman–Crippen LogP) is 2.71. The Morgan fingerprint density at radius 3 is 2.53 bits per heavy atom. The summed E-state index contributed by atoms with van der Waals surface area (Å²) < 4.78 is 0.913. The number of nitrogens with one attached hydrogen (secondary N) is 1. The van der Waals surface area contributed by atoms with Gasteiger partial charge < -0.3 is 10.2 Å². The first-order valence-corrected chi connectivity index (χ1v) is 7.23. The highest BCUT2D eigenvalue weighted by Gasteiger charge is 2.23. The number of hydrogen-bond donors (Lipinski definition) is 1. The highest BCUT2D eigenvalue weighted by Crippen LogP contribution is 2.20. The largest absolute Gasteiger partial charge is 0.334 e. The lowest BCUT2D eigenvalue weighted by Gasteiger charge is -2.25. The minimum atomic E-state index is -0.558. The molecule has 4 nitrogen and oxygen atoms in total. The van der Waals surface area contributed by atoms with Gasteiger partial charge in [0.25, 0.3) is 0 Å². The summed E-state index contributed by atoms with van der Waals surface area (Å²) >= 11 is 3.40. The molecule has 2 rings (SSSR count). The topological polar surface area (TPSA) is 49.4 Å². The normalized spacial score (nSPS) is 15.2. The second kappa shape index (κ2) is 6.19. The van der Waals surface area contributed by atoms with Crippen molar-refractivity contribution in [2.45, 2.75) is 26.2 Å². The maximum Gasteiger partial charge on any atom is 0.313 e. The lowest BCUT2D eigenvalue weighted by atomic mass is 10.1. The van der Waals surface area contributed by atoms with Gasteiger partial charge >= 0.3 is 11.8 Å². The van der Waals surface area contributed by atoms with Crippen LogP contribution < -0.4 is 5.32 Å². The van der Waals surface area contributed by atoms with Crippen molar-refractivity contribution < 1.29 is 9.59 Å². The molecule has 0 unspecified atom stereocenters. The van der Waals surface area contributed by atoms with E-state index in [2.05, 4.69) is 21.2 Å². The van der Waals surface area contributed by atoms with Crippen LogP contribution in [0, 0.1) is 6.92 Å². The van der Waals surface area contributed by atoms with Crippen molar-refractivity contribution in [3.8, 4) is 0 Å². The summed E-state index contributed by atoms with van der Waals surface area (Å²) in [5.74, 6) is -0.992. The SMILES string of the molecule is Cc1ccc(NC(=O)C(=O)N2CCCCC2)cc1Br. The monoisotopic (exact) mass is 324 g/mol. The van der Waals surface area contributed by atoms with Gasteiger partial charge in [-0.25, -0.2) is 0 Å². The molecule has 0 bridgehead atoms. The summed E-state index contributed by atoms with van der Waals surface area (Å²) in [4.78, 5) is 25.5. The van der Waals surface area contributed by atoms with E-state index in [1.165, 1.54) is 0 Å². The minimum Gasteiger partial charge on any atom is -0.334 e. The van der Waals surface area contributed by atoms with E-state index >= 15 is 0 Å². The van der Waals surface area contributed by atoms with Crippen molar-refractivity contribution in [1.29, 1.82) is 0 Å². The zero-order valence-electron chi connectivity index (χ0n) is 10.9. The van der Waals surface area contributed by atoms with Crippen LogP contribution in [0.4, 0.5) is 5.69 Å². The Balaban J connectivity index is 1.99. The minimum absolute atomic E-state index is 0.434. The first-order chi connectivity index (χ1) is 9.08. The molecule has 1 N–H and O–H groups in total. The number of anilines is 1. The molecule has 1 heterocycles. The van der Waals surface area contributed by atoms with Crippen molar-refractivity contribution >= 4 is 33.4 Å². The maximum atomic E-state index is 12.0. The van der Waals surface area contributed by atoms with Crippen LogP contribution in [-0.2, 0) is 9.59 Å². The third-order valence-electron chi connectivity index (χ3n) is 3.27. The smallest absolute Gasteiger partial charge is 0.313 e. The summed E-state index contributed by atoms with van der Waals surface area (Å²) in [7, 11) is 0. The van der Waals surface area contributed by atoms with E-state index in [9.17, 15) is 9.59 Å². The number of carbonyl (C=O) groups is 2. The van der Waals surface area contributed by atoms with Gasteiger partial charge in [-0.3, -0.25) is 9.59 Å². The van der Waals surface area contributed by atoms with E-state index in [1.807, 2.05) is 13.0 Å². The van der Waals surface area contributed by atoms with Gasteiger partial charge in [0, 0.05) is 23.2 Å². The van der Waals surface area contributed by atoms with Crippen LogP contribution in [0.2, 0.25) is 0 Å². The van der Waals surface area contributed by atoms with Crippen LogP contribution in [0.25, 0.3) is 0 Å². The van der Waals surface area contributed by atoms with Crippen molar-refractivity contribution in [3.63, 3.8) is 0 Å². The molecule has 19 heavy (non-hydrogen) atoms. The van der Waals surface area contributed by atoms with Gasteiger partial charge in [0.2, 0.25) is 0 Å². The molecule has 1 aromatic rings. The Hall–Kier alpha value is -1.36. The Morgan fingerprint density at radius 2 is 1.89 bits per heavy atom. The lowest BCUT2D eigenvalue weighted by molar-refractivity contribution is -0.143. The summed E-state index contributed by atoms with van der Waals surface area (Å²) in [5, 5.41) is 2.65. The summed E-state index contributed by atoms with van der Waals surface area (Å²) in [6.45, 7) is 3.34. The molecule has 0 aliphatic carbocycles. The number of aryl methyl sites for hydroxylation is 1. The molecule has 0 saturated carbocycles. The van der Waals surface area contributed by atoms with E-state index in [-0.39, 0.29) is 0 Å². The molecule has 0 atom stereocenters. The number of halogens is 1. The second-order valence-corrected chi connectivity index (χ2v) is 5.63. The number of carbonyl (C=O) groups excluding carboxylic acids is 2. The van der Waals surface area contributed by atoms with Gasteiger partial charge in [-0.15, -0.1) is 0 Å². The zero-order chi connectivity index (χ0) is 13.8. The number of amides is 2. The fourth-order valence-electron chi connectivity index (χ4n) is 2.10. The van der Waals surface area contributed by atoms with Crippen LogP contribution in [0.5, 0.6) is 0 Å². The molecule has 0 aromatic heterocycles.